The molecular formula is C41H40N2. The number of aromatic nitrogens is 2. The third-order valence-electron chi connectivity index (χ3n) is 9.67. The van der Waals surface area contributed by atoms with Gasteiger partial charge in [-0.2, -0.15) is 0 Å². The molecule has 1 aliphatic carbocycles. The molecule has 0 radical (unpaired) electrons. The highest BCUT2D eigenvalue weighted by atomic mass is 15.0. The highest BCUT2D eigenvalue weighted by Crippen LogP contribution is 2.49. The zero-order chi connectivity index (χ0) is 30.1. The molecule has 43 heavy (non-hydrogen) atoms. The first-order chi connectivity index (χ1) is 20.6. The van der Waals surface area contributed by atoms with Gasteiger partial charge in [0.05, 0.1) is 35.2 Å². The van der Waals surface area contributed by atoms with E-state index in [1.807, 2.05) is 0 Å². The fourth-order valence-corrected chi connectivity index (χ4v) is 7.91. The summed E-state index contributed by atoms with van der Waals surface area (Å²) in [6.07, 6.45) is 15.2. The third kappa shape index (κ3) is 4.44. The Kier molecular flexibility index (Phi) is 6.27. The predicted octanol–water partition coefficient (Wildman–Crippen LogP) is 9.67. The highest BCUT2D eigenvalue weighted by molar-refractivity contribution is 6.22. The Bertz CT molecular complexity index is 2140. The van der Waals surface area contributed by atoms with Gasteiger partial charge in [-0.3, -0.25) is 0 Å². The van der Waals surface area contributed by atoms with Crippen molar-refractivity contribution in [3.8, 4) is 24.7 Å². The minimum atomic E-state index is 0.205. The van der Waals surface area contributed by atoms with Crippen LogP contribution in [0.2, 0.25) is 0 Å². The van der Waals surface area contributed by atoms with Crippen LogP contribution in [-0.2, 0) is 32.4 Å². The Morgan fingerprint density at radius 3 is 1.86 bits per heavy atom. The van der Waals surface area contributed by atoms with E-state index >= 15 is 0 Å². The van der Waals surface area contributed by atoms with Gasteiger partial charge in [-0.25, -0.2) is 0 Å². The van der Waals surface area contributed by atoms with Crippen molar-refractivity contribution in [3.05, 3.63) is 95.1 Å². The van der Waals surface area contributed by atoms with Crippen LogP contribution in [-0.4, -0.2) is 9.13 Å². The zero-order valence-corrected chi connectivity index (χ0v) is 26.1. The van der Waals surface area contributed by atoms with Crippen LogP contribution in [0.5, 0.6) is 0 Å². The standard InChI is InChI=1S/C41H40N2/c1-8-20-42-36-23-27(22-35-30-13-11-10-12-29(30)26-41(35,6)7)14-16-31(36)33-18-19-34-32-17-15-28(25-40(3,4)5)24-37(32)43(21-9-2)39(34)38(33)42/h1-2,10-19,23-24,35H,20-22,25-26H2,3-7H3. The lowest BCUT2D eigenvalue weighted by Gasteiger charge is -2.28. The first kappa shape index (κ1) is 27.4. The molecular weight excluding hydrogens is 520 g/mol. The lowest BCUT2D eigenvalue weighted by Crippen LogP contribution is -2.19. The maximum absolute atomic E-state index is 6.05. The van der Waals surface area contributed by atoms with Gasteiger partial charge in [-0.15, -0.1) is 12.8 Å². The van der Waals surface area contributed by atoms with E-state index in [2.05, 4.69) is 128 Å². The van der Waals surface area contributed by atoms with Crippen molar-refractivity contribution in [2.24, 2.45) is 10.8 Å². The normalized spacial score (nSPS) is 16.2. The maximum Gasteiger partial charge on any atom is 0.0841 e. The quantitative estimate of drug-likeness (QED) is 0.186. The first-order valence-corrected chi connectivity index (χ1v) is 15.5. The molecule has 0 amide bonds. The number of benzene rings is 4. The maximum atomic E-state index is 6.05. The fraction of sp³-hybridized carbons (Fsp3) is 0.317. The van der Waals surface area contributed by atoms with Gasteiger partial charge >= 0.3 is 0 Å². The van der Waals surface area contributed by atoms with Gasteiger partial charge in [0.15, 0.2) is 0 Å². The minimum absolute atomic E-state index is 0.205. The lowest BCUT2D eigenvalue weighted by molar-refractivity contribution is 0.311. The van der Waals surface area contributed by atoms with E-state index in [1.54, 1.807) is 0 Å². The van der Waals surface area contributed by atoms with Crippen LogP contribution in [0.15, 0.2) is 72.8 Å². The number of terminal acetylenes is 2. The predicted molar refractivity (Wildman–Crippen MR) is 184 cm³/mol. The smallest absolute Gasteiger partial charge is 0.0841 e. The molecule has 0 spiro atoms. The second-order valence-corrected chi connectivity index (χ2v) is 14.5. The molecule has 2 heterocycles. The van der Waals surface area contributed by atoms with Crippen molar-refractivity contribution >= 4 is 43.6 Å². The number of hydrogen-bond acceptors (Lipinski definition) is 0. The van der Waals surface area contributed by atoms with E-state index in [0.29, 0.717) is 19.0 Å². The van der Waals surface area contributed by atoms with Crippen molar-refractivity contribution in [2.75, 3.05) is 0 Å². The average Bonchev–Trinajstić information content (AvgIpc) is 3.53. The van der Waals surface area contributed by atoms with E-state index < -0.39 is 0 Å². The van der Waals surface area contributed by atoms with Gasteiger partial charge in [0.1, 0.15) is 0 Å². The SMILES string of the molecule is C#CCn1c2cc(CC3c4ccccc4CC3(C)C)ccc2c2ccc3c4ccc(CC(C)(C)C)cc4n(CC#C)c3c21. The Labute approximate surface area is 255 Å². The molecule has 2 nitrogen and oxygen atoms in total. The number of hydrogen-bond donors (Lipinski definition) is 0. The molecule has 1 aliphatic rings. The van der Waals surface area contributed by atoms with E-state index in [4.69, 9.17) is 12.8 Å². The molecule has 0 saturated carbocycles. The molecule has 1 atom stereocenters. The molecule has 0 saturated heterocycles. The summed E-state index contributed by atoms with van der Waals surface area (Å²) in [6.45, 7) is 12.7. The minimum Gasteiger partial charge on any atom is -0.327 e. The summed E-state index contributed by atoms with van der Waals surface area (Å²) in [5.41, 5.74) is 10.9. The summed E-state index contributed by atoms with van der Waals surface area (Å²) in [4.78, 5) is 0. The van der Waals surface area contributed by atoms with Crippen LogP contribution in [0, 0.1) is 35.5 Å². The molecule has 214 valence electrons. The summed E-state index contributed by atoms with van der Waals surface area (Å²) in [7, 11) is 0. The molecule has 0 N–H and O–H groups in total. The number of rotatable bonds is 5. The Morgan fingerprint density at radius 2 is 1.28 bits per heavy atom. The first-order valence-electron chi connectivity index (χ1n) is 15.5. The van der Waals surface area contributed by atoms with E-state index in [-0.39, 0.29) is 10.8 Å². The van der Waals surface area contributed by atoms with Crippen molar-refractivity contribution in [2.45, 2.75) is 72.9 Å². The van der Waals surface area contributed by atoms with Crippen molar-refractivity contribution in [1.29, 1.82) is 0 Å². The molecule has 2 heteroatoms. The van der Waals surface area contributed by atoms with Crippen LogP contribution >= 0.6 is 0 Å². The lowest BCUT2D eigenvalue weighted by atomic mass is 9.76. The highest BCUT2D eigenvalue weighted by Gasteiger charge is 2.38. The summed E-state index contributed by atoms with van der Waals surface area (Å²) in [5, 5.41) is 4.94. The van der Waals surface area contributed by atoms with Gasteiger partial charge in [0.25, 0.3) is 0 Å². The molecule has 2 aromatic heterocycles. The molecule has 4 aromatic carbocycles. The largest absolute Gasteiger partial charge is 0.327 e. The monoisotopic (exact) mass is 560 g/mol. The molecule has 1 unspecified atom stereocenters. The molecule has 7 rings (SSSR count). The number of fused-ring (bicyclic) bond motifs is 8. The van der Waals surface area contributed by atoms with E-state index in [1.165, 1.54) is 65.9 Å². The molecule has 0 aliphatic heterocycles. The summed E-state index contributed by atoms with van der Waals surface area (Å²) >= 11 is 0. The van der Waals surface area contributed by atoms with E-state index in [9.17, 15) is 0 Å². The second-order valence-electron chi connectivity index (χ2n) is 14.5. The van der Waals surface area contributed by atoms with Gasteiger partial charge in [-0.1, -0.05) is 107 Å². The van der Waals surface area contributed by atoms with Crippen LogP contribution in [0.4, 0.5) is 0 Å². The average molecular weight is 561 g/mol. The molecule has 6 aromatic rings. The Balaban J connectivity index is 1.45. The van der Waals surface area contributed by atoms with Crippen molar-refractivity contribution in [1.82, 2.24) is 9.13 Å². The van der Waals surface area contributed by atoms with Crippen LogP contribution in [0.1, 0.15) is 62.8 Å². The van der Waals surface area contributed by atoms with Gasteiger partial charge in [-0.05, 0) is 70.4 Å². The fourth-order valence-electron chi connectivity index (χ4n) is 7.91. The van der Waals surface area contributed by atoms with Crippen molar-refractivity contribution in [3.63, 3.8) is 0 Å². The second kappa shape index (κ2) is 9.82. The van der Waals surface area contributed by atoms with Gasteiger partial charge in [0, 0.05) is 21.5 Å². The Hall–Kier alpha value is -4.40. The van der Waals surface area contributed by atoms with E-state index in [0.717, 1.165) is 19.3 Å². The topological polar surface area (TPSA) is 9.86 Å². The molecule has 0 fully saturated rings. The summed E-state index contributed by atoms with van der Waals surface area (Å²) in [5.74, 6) is 6.41. The van der Waals surface area contributed by atoms with Crippen LogP contribution in [0.3, 0.4) is 0 Å². The Morgan fingerprint density at radius 1 is 0.744 bits per heavy atom. The van der Waals surface area contributed by atoms with Crippen molar-refractivity contribution < 1.29 is 0 Å². The van der Waals surface area contributed by atoms with Crippen LogP contribution < -0.4 is 0 Å². The van der Waals surface area contributed by atoms with Crippen LogP contribution in [0.25, 0.3) is 43.6 Å². The number of nitrogens with zero attached hydrogens (tertiary/aromatic N) is 2. The summed E-state index contributed by atoms with van der Waals surface area (Å²) in [6, 6.07) is 27.5. The van der Waals surface area contributed by atoms with Gasteiger partial charge in [0.2, 0.25) is 0 Å². The molecule has 0 bridgehead atoms. The third-order valence-corrected chi connectivity index (χ3v) is 9.67. The van der Waals surface area contributed by atoms with Gasteiger partial charge < -0.3 is 9.13 Å². The zero-order valence-electron chi connectivity index (χ0n) is 26.1. The summed E-state index contributed by atoms with van der Waals surface area (Å²) < 4.78 is 4.69.